The van der Waals surface area contributed by atoms with Crippen LogP contribution >= 0.6 is 0 Å². The van der Waals surface area contributed by atoms with Crippen molar-refractivity contribution < 1.29 is 4.79 Å². The van der Waals surface area contributed by atoms with Crippen LogP contribution in [0, 0.1) is 18.3 Å². The predicted octanol–water partition coefficient (Wildman–Crippen LogP) is 3.85. The summed E-state index contributed by atoms with van der Waals surface area (Å²) in [6.45, 7) is 2.04. The second-order valence-corrected chi connectivity index (χ2v) is 6.53. The maximum atomic E-state index is 12.9. The Balaban J connectivity index is 1.70. The highest BCUT2D eigenvalue weighted by Gasteiger charge is 2.17. The minimum Gasteiger partial charge on any atom is -0.310 e. The molecule has 0 bridgehead atoms. The fourth-order valence-corrected chi connectivity index (χ4v) is 2.99. The molecule has 136 valence electrons. The average Bonchev–Trinajstić information content (AvgIpc) is 3.16. The van der Waals surface area contributed by atoms with Crippen LogP contribution in [-0.4, -0.2) is 27.3 Å². The Morgan fingerprint density at radius 3 is 2.43 bits per heavy atom. The van der Waals surface area contributed by atoms with Crippen LogP contribution in [-0.2, 0) is 0 Å². The molecule has 2 aromatic heterocycles. The quantitative estimate of drug-likeness (QED) is 0.551. The van der Waals surface area contributed by atoms with Crippen LogP contribution < -0.4 is 4.90 Å². The molecule has 2 heterocycles. The van der Waals surface area contributed by atoms with Crippen LogP contribution in [0.15, 0.2) is 67.1 Å². The minimum absolute atomic E-state index is 0.241. The molecule has 0 unspecified atom stereocenters. The number of carbonyl (C=O) groups is 1. The number of aryl methyl sites for hydroxylation is 1. The van der Waals surface area contributed by atoms with E-state index in [1.165, 1.54) is 10.5 Å². The normalized spacial score (nSPS) is 10.6. The van der Waals surface area contributed by atoms with Crippen LogP contribution in [0.25, 0.3) is 16.9 Å². The van der Waals surface area contributed by atoms with Gasteiger partial charge >= 0.3 is 0 Å². The SMILES string of the molecule is Cc1ccc(-c2cnc3cnc(C(=O)N(C)c4ccc(C#N)cc4)cn23)cc1. The molecule has 28 heavy (non-hydrogen) atoms. The number of fused-ring (bicyclic) bond motifs is 1. The fraction of sp³-hybridized carbons (Fsp3) is 0.0909. The van der Waals surface area contributed by atoms with Gasteiger partial charge in [0.1, 0.15) is 5.69 Å². The third-order valence-electron chi connectivity index (χ3n) is 4.65. The van der Waals surface area contributed by atoms with Crippen molar-refractivity contribution in [1.82, 2.24) is 14.4 Å². The van der Waals surface area contributed by atoms with Crippen LogP contribution in [0.5, 0.6) is 0 Å². The summed E-state index contributed by atoms with van der Waals surface area (Å²) in [7, 11) is 1.68. The number of anilines is 1. The molecule has 2 aromatic carbocycles. The first kappa shape index (κ1) is 17.4. The summed E-state index contributed by atoms with van der Waals surface area (Å²) >= 11 is 0. The molecule has 0 aliphatic rings. The van der Waals surface area contributed by atoms with E-state index in [0.717, 1.165) is 11.3 Å². The Morgan fingerprint density at radius 2 is 1.75 bits per heavy atom. The van der Waals surface area contributed by atoms with Crippen molar-refractivity contribution in [2.75, 3.05) is 11.9 Å². The van der Waals surface area contributed by atoms with Crippen molar-refractivity contribution in [3.8, 4) is 17.3 Å². The first-order valence-electron chi connectivity index (χ1n) is 8.75. The van der Waals surface area contributed by atoms with Crippen molar-refractivity contribution in [2.24, 2.45) is 0 Å². The molecule has 0 atom stereocenters. The lowest BCUT2D eigenvalue weighted by molar-refractivity contribution is 0.0988. The number of nitrogens with zero attached hydrogens (tertiary/aromatic N) is 5. The summed E-state index contributed by atoms with van der Waals surface area (Å²) in [6, 6.07) is 17.1. The molecular formula is C22H17N5O. The summed E-state index contributed by atoms with van der Waals surface area (Å²) in [5, 5.41) is 8.92. The minimum atomic E-state index is -0.241. The number of rotatable bonds is 3. The van der Waals surface area contributed by atoms with Crippen LogP contribution in [0.2, 0.25) is 0 Å². The van der Waals surface area contributed by atoms with Gasteiger partial charge in [-0.1, -0.05) is 29.8 Å². The second-order valence-electron chi connectivity index (χ2n) is 6.53. The van der Waals surface area contributed by atoms with Gasteiger partial charge in [0, 0.05) is 24.5 Å². The zero-order valence-electron chi connectivity index (χ0n) is 15.5. The van der Waals surface area contributed by atoms with Crippen LogP contribution in [0.3, 0.4) is 0 Å². The number of carbonyl (C=O) groups excluding carboxylic acids is 1. The standard InChI is InChI=1S/C22H17N5O/c1-15-3-7-17(8-4-15)20-12-25-21-13-24-19(14-27(20)21)22(28)26(2)18-9-5-16(11-23)6-10-18/h3-10,12-14H,1-2H3. The lowest BCUT2D eigenvalue weighted by atomic mass is 10.1. The van der Waals surface area contributed by atoms with E-state index < -0.39 is 0 Å². The van der Waals surface area contributed by atoms with E-state index in [4.69, 9.17) is 5.26 Å². The first-order valence-corrected chi connectivity index (χ1v) is 8.75. The van der Waals surface area contributed by atoms with E-state index in [1.54, 1.807) is 49.9 Å². The van der Waals surface area contributed by atoms with Gasteiger partial charge in [-0.2, -0.15) is 5.26 Å². The first-order chi connectivity index (χ1) is 13.6. The van der Waals surface area contributed by atoms with E-state index >= 15 is 0 Å². The van der Waals surface area contributed by atoms with Gasteiger partial charge in [-0.25, -0.2) is 9.97 Å². The number of hydrogen-bond donors (Lipinski definition) is 0. The van der Waals surface area contributed by atoms with Gasteiger partial charge in [-0.05, 0) is 31.2 Å². The number of hydrogen-bond acceptors (Lipinski definition) is 4. The zero-order valence-corrected chi connectivity index (χ0v) is 15.5. The smallest absolute Gasteiger partial charge is 0.278 e. The van der Waals surface area contributed by atoms with Gasteiger partial charge in [0.2, 0.25) is 0 Å². The lowest BCUT2D eigenvalue weighted by Crippen LogP contribution is -2.27. The van der Waals surface area contributed by atoms with Crippen molar-refractivity contribution in [3.05, 3.63) is 83.9 Å². The van der Waals surface area contributed by atoms with Crippen LogP contribution in [0.1, 0.15) is 21.6 Å². The maximum absolute atomic E-state index is 12.9. The van der Waals surface area contributed by atoms with Gasteiger partial charge in [0.15, 0.2) is 5.65 Å². The van der Waals surface area contributed by atoms with E-state index in [-0.39, 0.29) is 5.91 Å². The Morgan fingerprint density at radius 1 is 1.04 bits per heavy atom. The third kappa shape index (κ3) is 3.10. The predicted molar refractivity (Wildman–Crippen MR) is 107 cm³/mol. The summed E-state index contributed by atoms with van der Waals surface area (Å²) in [5.74, 6) is -0.241. The molecule has 0 aliphatic carbocycles. The van der Waals surface area contributed by atoms with Crippen molar-refractivity contribution in [2.45, 2.75) is 6.92 Å². The molecule has 6 nitrogen and oxygen atoms in total. The molecule has 0 saturated heterocycles. The Bertz CT molecular complexity index is 1200. The molecule has 0 radical (unpaired) electrons. The summed E-state index contributed by atoms with van der Waals surface area (Å²) in [5.41, 5.74) is 5.31. The molecule has 6 heteroatoms. The van der Waals surface area contributed by atoms with E-state index in [9.17, 15) is 4.79 Å². The number of amides is 1. The Labute approximate surface area is 162 Å². The largest absolute Gasteiger partial charge is 0.310 e. The van der Waals surface area contributed by atoms with Gasteiger partial charge < -0.3 is 4.90 Å². The summed E-state index contributed by atoms with van der Waals surface area (Å²) < 4.78 is 1.87. The average molecular weight is 367 g/mol. The van der Waals surface area contributed by atoms with E-state index in [0.29, 0.717) is 22.6 Å². The highest BCUT2D eigenvalue weighted by atomic mass is 16.2. The van der Waals surface area contributed by atoms with Gasteiger partial charge in [-0.3, -0.25) is 9.20 Å². The lowest BCUT2D eigenvalue weighted by Gasteiger charge is -2.17. The molecule has 0 N–H and O–H groups in total. The highest BCUT2D eigenvalue weighted by molar-refractivity contribution is 6.04. The molecule has 0 spiro atoms. The molecule has 0 fully saturated rings. The number of nitriles is 1. The van der Waals surface area contributed by atoms with E-state index in [2.05, 4.69) is 16.0 Å². The molecule has 0 aliphatic heterocycles. The van der Waals surface area contributed by atoms with Crippen molar-refractivity contribution in [1.29, 1.82) is 5.26 Å². The van der Waals surface area contributed by atoms with E-state index in [1.807, 2.05) is 35.6 Å². The van der Waals surface area contributed by atoms with Gasteiger partial charge in [-0.15, -0.1) is 0 Å². The van der Waals surface area contributed by atoms with Crippen molar-refractivity contribution >= 4 is 17.2 Å². The number of imidazole rings is 1. The number of benzene rings is 2. The molecular weight excluding hydrogens is 350 g/mol. The molecule has 4 aromatic rings. The molecule has 0 saturated carbocycles. The molecule has 1 amide bonds. The highest BCUT2D eigenvalue weighted by Crippen LogP contribution is 2.22. The topological polar surface area (TPSA) is 74.3 Å². The monoisotopic (exact) mass is 367 g/mol. The molecule has 4 rings (SSSR count). The number of aromatic nitrogens is 3. The third-order valence-corrected chi connectivity index (χ3v) is 4.65. The summed E-state index contributed by atoms with van der Waals surface area (Å²) in [6.07, 6.45) is 5.08. The van der Waals surface area contributed by atoms with Gasteiger partial charge in [0.25, 0.3) is 5.91 Å². The van der Waals surface area contributed by atoms with Gasteiger partial charge in [0.05, 0.1) is 29.7 Å². The second kappa shape index (κ2) is 6.97. The maximum Gasteiger partial charge on any atom is 0.278 e. The Hall–Kier alpha value is -3.98. The zero-order chi connectivity index (χ0) is 19.7. The Kier molecular flexibility index (Phi) is 4.34. The van der Waals surface area contributed by atoms with Crippen molar-refractivity contribution in [3.63, 3.8) is 0 Å². The van der Waals surface area contributed by atoms with Crippen LogP contribution in [0.4, 0.5) is 5.69 Å². The summed E-state index contributed by atoms with van der Waals surface area (Å²) in [4.78, 5) is 23.1. The fourth-order valence-electron chi connectivity index (χ4n) is 2.99.